The summed E-state index contributed by atoms with van der Waals surface area (Å²) in [6, 6.07) is 6.78. The van der Waals surface area contributed by atoms with Gasteiger partial charge in [-0.3, -0.25) is 0 Å². The van der Waals surface area contributed by atoms with Crippen molar-refractivity contribution >= 4 is 22.6 Å². The molecule has 2 aromatic rings. The number of nitrogen functional groups attached to an aromatic ring is 1. The number of carbonyl (C=O) groups is 1. The van der Waals surface area contributed by atoms with Crippen molar-refractivity contribution in [1.29, 1.82) is 0 Å². The van der Waals surface area contributed by atoms with Crippen LogP contribution in [-0.2, 0) is 10.4 Å². The Hall–Kier alpha value is -1.76. The second kappa shape index (κ2) is 9.39. The molecule has 0 spiro atoms. The quantitative estimate of drug-likeness (QED) is 0.731. The molecule has 1 heterocycles. The van der Waals surface area contributed by atoms with Crippen molar-refractivity contribution < 1.29 is 14.3 Å². The Balaban J connectivity index is 0.000000868. The minimum Gasteiger partial charge on any atom is -0.391 e. The second-order valence-electron chi connectivity index (χ2n) is 5.15. The molecule has 0 saturated carbocycles. The van der Waals surface area contributed by atoms with E-state index in [0.717, 1.165) is 16.7 Å². The van der Waals surface area contributed by atoms with Crippen molar-refractivity contribution in [3.05, 3.63) is 41.2 Å². The molecule has 2 rings (SSSR count). The van der Waals surface area contributed by atoms with Crippen molar-refractivity contribution in [3.63, 3.8) is 0 Å². The third kappa shape index (κ3) is 6.09. The predicted octanol–water partition coefficient (Wildman–Crippen LogP) is 3.45. The van der Waals surface area contributed by atoms with Gasteiger partial charge in [0.05, 0.1) is 10.6 Å². The average molecular weight is 340 g/mol. The van der Waals surface area contributed by atoms with Gasteiger partial charge in [0.1, 0.15) is 12.1 Å². The molecule has 0 bridgehead atoms. The number of halogens is 1. The molecule has 0 amide bonds. The van der Waals surface area contributed by atoms with Crippen LogP contribution in [0.1, 0.15) is 31.9 Å². The third-order valence-electron chi connectivity index (χ3n) is 2.87. The molecule has 128 valence electrons. The lowest BCUT2D eigenvalue weighted by atomic mass is 9.93. The highest BCUT2D eigenvalue weighted by Crippen LogP contribution is 2.35. The van der Waals surface area contributed by atoms with Crippen molar-refractivity contribution in [2.45, 2.75) is 33.3 Å². The molecule has 0 aliphatic rings. The zero-order valence-electron chi connectivity index (χ0n) is 14.2. The van der Waals surface area contributed by atoms with E-state index in [9.17, 15) is 9.50 Å². The van der Waals surface area contributed by atoms with Gasteiger partial charge < -0.3 is 21.4 Å². The minimum atomic E-state index is -1.04. The number of anilines is 1. The number of aldehydes is 1. The lowest BCUT2D eigenvalue weighted by Gasteiger charge is -2.19. The summed E-state index contributed by atoms with van der Waals surface area (Å²) in [6.07, 6.45) is 0.750. The summed E-state index contributed by atoms with van der Waals surface area (Å²) in [4.78, 5) is 9.62. The van der Waals surface area contributed by atoms with Gasteiger partial charge >= 0.3 is 0 Å². The number of hydrogen-bond donors (Lipinski definition) is 3. The van der Waals surface area contributed by atoms with Crippen LogP contribution in [0, 0.1) is 12.7 Å². The Labute approximate surface area is 140 Å². The molecule has 0 fully saturated rings. The fraction of sp³-hybridized carbons (Fsp3) is 0.353. The topological polar surface area (TPSA) is 89.3 Å². The van der Waals surface area contributed by atoms with Crippen LogP contribution in [0.2, 0.25) is 0 Å². The standard InChI is InChI=1S/C14H16FNOS.C2H4O.CH5N/c1-8-6-9(14(2,3)17)7-10(15)13(8)11-4-5-12(16)18-11;1-2-3;1-2/h4-7,17H,16H2,1-3H3;2H,1H3;2H2,1H3. The molecule has 4 nitrogen and oxygen atoms in total. The zero-order chi connectivity index (χ0) is 18.2. The number of carbonyl (C=O) groups excluding carboxylic acids is 1. The Morgan fingerprint density at radius 2 is 1.78 bits per heavy atom. The van der Waals surface area contributed by atoms with Gasteiger partial charge in [0.2, 0.25) is 0 Å². The molecule has 0 radical (unpaired) electrons. The molecule has 1 aromatic carbocycles. The van der Waals surface area contributed by atoms with Crippen molar-refractivity contribution in [1.82, 2.24) is 0 Å². The van der Waals surface area contributed by atoms with Crippen LogP contribution in [0.3, 0.4) is 0 Å². The first-order valence-corrected chi connectivity index (χ1v) is 7.88. The SMILES string of the molecule is CC=O.CN.Cc1cc(C(C)(C)O)cc(F)c1-c1ccc(N)s1. The van der Waals surface area contributed by atoms with E-state index in [-0.39, 0.29) is 5.82 Å². The monoisotopic (exact) mass is 340 g/mol. The number of rotatable bonds is 2. The average Bonchev–Trinajstić information content (AvgIpc) is 2.86. The van der Waals surface area contributed by atoms with Gasteiger partial charge in [-0.25, -0.2) is 4.39 Å². The molecule has 1 aromatic heterocycles. The van der Waals surface area contributed by atoms with Crippen molar-refractivity contribution in [2.24, 2.45) is 5.73 Å². The molecule has 0 aliphatic heterocycles. The van der Waals surface area contributed by atoms with Gasteiger partial charge in [-0.1, -0.05) is 6.07 Å². The normalized spacial score (nSPS) is 10.1. The Morgan fingerprint density at radius 1 is 1.26 bits per heavy atom. The minimum absolute atomic E-state index is 0.325. The van der Waals surface area contributed by atoms with Crippen molar-refractivity contribution in [3.8, 4) is 10.4 Å². The van der Waals surface area contributed by atoms with Gasteiger partial charge in [0.25, 0.3) is 0 Å². The summed E-state index contributed by atoms with van der Waals surface area (Å²) in [5, 5.41) is 10.6. The highest BCUT2D eigenvalue weighted by atomic mass is 32.1. The Morgan fingerprint density at radius 3 is 2.13 bits per heavy atom. The summed E-state index contributed by atoms with van der Waals surface area (Å²) >= 11 is 1.36. The number of aliphatic hydroxyl groups is 1. The van der Waals surface area contributed by atoms with Gasteiger partial charge in [-0.2, -0.15) is 0 Å². The lowest BCUT2D eigenvalue weighted by molar-refractivity contribution is -0.106. The molecule has 6 heteroatoms. The number of benzene rings is 1. The molecule has 0 saturated heterocycles. The van der Waals surface area contributed by atoms with E-state index in [1.54, 1.807) is 19.9 Å². The van der Waals surface area contributed by atoms with Crippen LogP contribution < -0.4 is 11.5 Å². The number of aryl methyl sites for hydroxylation is 1. The first-order valence-electron chi connectivity index (χ1n) is 7.07. The van der Waals surface area contributed by atoms with E-state index in [1.807, 2.05) is 19.1 Å². The molecular weight excluding hydrogens is 315 g/mol. The molecule has 0 atom stereocenters. The van der Waals surface area contributed by atoms with E-state index in [0.29, 0.717) is 16.1 Å². The van der Waals surface area contributed by atoms with Crippen LogP contribution in [0.25, 0.3) is 10.4 Å². The van der Waals surface area contributed by atoms with Gasteiger partial charge in [-0.15, -0.1) is 11.3 Å². The third-order valence-corrected chi connectivity index (χ3v) is 3.80. The molecule has 23 heavy (non-hydrogen) atoms. The largest absolute Gasteiger partial charge is 0.391 e. The summed E-state index contributed by atoms with van der Waals surface area (Å²) in [5.41, 5.74) is 11.1. The lowest BCUT2D eigenvalue weighted by Crippen LogP contribution is -2.16. The van der Waals surface area contributed by atoms with E-state index < -0.39 is 5.60 Å². The Kier molecular flexibility index (Phi) is 8.68. The first-order chi connectivity index (χ1) is 10.7. The van der Waals surface area contributed by atoms with E-state index in [1.165, 1.54) is 31.4 Å². The maximum atomic E-state index is 14.2. The fourth-order valence-electron chi connectivity index (χ4n) is 1.90. The van der Waals surface area contributed by atoms with Gasteiger partial charge in [0, 0.05) is 10.4 Å². The number of thiophene rings is 1. The predicted molar refractivity (Wildman–Crippen MR) is 96.0 cm³/mol. The van der Waals surface area contributed by atoms with Crippen molar-refractivity contribution in [2.75, 3.05) is 12.8 Å². The zero-order valence-corrected chi connectivity index (χ0v) is 15.0. The van der Waals surface area contributed by atoms with Crippen LogP contribution in [0.5, 0.6) is 0 Å². The van der Waals surface area contributed by atoms with Crippen LogP contribution in [0.4, 0.5) is 9.39 Å². The fourth-order valence-corrected chi connectivity index (χ4v) is 2.78. The van der Waals surface area contributed by atoms with Crippen LogP contribution in [0.15, 0.2) is 24.3 Å². The van der Waals surface area contributed by atoms with E-state index in [4.69, 9.17) is 10.5 Å². The van der Waals surface area contributed by atoms with Crippen LogP contribution in [-0.4, -0.2) is 18.4 Å². The highest BCUT2D eigenvalue weighted by molar-refractivity contribution is 7.19. The molecule has 0 aliphatic carbocycles. The molecule has 5 N–H and O–H groups in total. The molecular formula is C17H25FN2O2S. The second-order valence-corrected chi connectivity index (χ2v) is 6.26. The van der Waals surface area contributed by atoms with Gasteiger partial charge in [-0.05, 0) is 64.1 Å². The highest BCUT2D eigenvalue weighted by Gasteiger charge is 2.20. The summed E-state index contributed by atoms with van der Waals surface area (Å²) < 4.78 is 14.2. The number of nitrogens with two attached hydrogens (primary N) is 2. The Bertz CT molecular complexity index is 611. The summed E-state index contributed by atoms with van der Waals surface area (Å²) in [5.74, 6) is -0.325. The summed E-state index contributed by atoms with van der Waals surface area (Å²) in [6.45, 7) is 6.57. The first kappa shape index (κ1) is 21.2. The molecule has 0 unspecified atom stereocenters. The van der Waals surface area contributed by atoms with Gasteiger partial charge in [0.15, 0.2) is 0 Å². The summed E-state index contributed by atoms with van der Waals surface area (Å²) in [7, 11) is 1.50. The van der Waals surface area contributed by atoms with E-state index in [2.05, 4.69) is 5.73 Å². The maximum absolute atomic E-state index is 14.2. The smallest absolute Gasteiger partial charge is 0.132 e. The number of hydrogen-bond acceptors (Lipinski definition) is 5. The van der Waals surface area contributed by atoms with Crippen LogP contribution >= 0.6 is 11.3 Å². The van der Waals surface area contributed by atoms with E-state index >= 15 is 0 Å². The maximum Gasteiger partial charge on any atom is 0.132 e.